The van der Waals surface area contributed by atoms with Crippen molar-refractivity contribution in [3.8, 4) is 6.01 Å². The second-order valence-electron chi connectivity index (χ2n) is 6.69. The number of nitrogens with one attached hydrogen (secondary N) is 2. The molecule has 0 saturated carbocycles. The molecule has 0 bridgehead atoms. The zero-order valence-electron chi connectivity index (χ0n) is 16.1. The van der Waals surface area contributed by atoms with Crippen LogP contribution in [-0.4, -0.2) is 35.6 Å². The number of ether oxygens (including phenoxy) is 1. The maximum atomic E-state index is 12.2. The molecule has 7 heteroatoms. The summed E-state index contributed by atoms with van der Waals surface area (Å²) < 4.78 is 5.48. The molecule has 1 aliphatic carbocycles. The van der Waals surface area contributed by atoms with E-state index in [0.717, 1.165) is 29.3 Å². The molecule has 0 fully saturated rings. The van der Waals surface area contributed by atoms with Gasteiger partial charge in [0.25, 0.3) is 0 Å². The third-order valence-electron chi connectivity index (χ3n) is 4.34. The van der Waals surface area contributed by atoms with Gasteiger partial charge in [-0.2, -0.15) is 0 Å². The number of anilines is 1. The van der Waals surface area contributed by atoms with Crippen LogP contribution in [0.2, 0.25) is 0 Å². The lowest BCUT2D eigenvalue weighted by Gasteiger charge is -2.18. The summed E-state index contributed by atoms with van der Waals surface area (Å²) in [6.45, 7) is 5.82. The van der Waals surface area contributed by atoms with Gasteiger partial charge in [0.1, 0.15) is 6.61 Å². The third-order valence-corrected chi connectivity index (χ3v) is 4.62. The van der Waals surface area contributed by atoms with Gasteiger partial charge in [-0.15, -0.1) is 0 Å². The van der Waals surface area contributed by atoms with Gasteiger partial charge in [0, 0.05) is 17.2 Å². The number of aromatic nitrogens is 2. The van der Waals surface area contributed by atoms with Crippen LogP contribution in [0.1, 0.15) is 46.0 Å². The predicted octanol–water partition coefficient (Wildman–Crippen LogP) is 4.05. The van der Waals surface area contributed by atoms with Crippen LogP contribution in [0.5, 0.6) is 6.01 Å². The molecule has 148 valence electrons. The molecule has 1 unspecified atom stereocenters. The van der Waals surface area contributed by atoms with Crippen LogP contribution >= 0.6 is 11.6 Å². The average molecular weight is 393 g/mol. The maximum Gasteiger partial charge on any atom is 0.316 e. The first-order valence-corrected chi connectivity index (χ1v) is 10.0. The van der Waals surface area contributed by atoms with Gasteiger partial charge in [-0.3, -0.25) is 4.79 Å². The van der Waals surface area contributed by atoms with Gasteiger partial charge in [-0.1, -0.05) is 50.8 Å². The molecule has 0 aromatic carbocycles. The van der Waals surface area contributed by atoms with Crippen molar-refractivity contribution in [2.45, 2.75) is 46.0 Å². The number of carbonyl (C=O) groups excluding carboxylic acids is 1. The van der Waals surface area contributed by atoms with Crippen LogP contribution in [0, 0.1) is 5.92 Å². The lowest BCUT2D eigenvalue weighted by atomic mass is 9.92. The Morgan fingerprint density at radius 2 is 2.00 bits per heavy atom. The Morgan fingerprint density at radius 1 is 1.22 bits per heavy atom. The summed E-state index contributed by atoms with van der Waals surface area (Å²) in [6, 6.07) is 0.306. The number of unbranched alkanes of at least 4 members (excludes halogenated alkanes) is 3. The lowest BCUT2D eigenvalue weighted by molar-refractivity contribution is -0.118. The predicted molar refractivity (Wildman–Crippen MR) is 109 cm³/mol. The summed E-state index contributed by atoms with van der Waals surface area (Å²) in [7, 11) is 0. The Balaban J connectivity index is 1.65. The van der Waals surface area contributed by atoms with E-state index in [2.05, 4.69) is 27.5 Å². The Labute approximate surface area is 166 Å². The standard InChI is InChI=1S/C20H29ClN4O2/c1-3-4-5-6-9-22-17-13-24-20(25-14-17)27-11-10-23-19(26)18-8-7-16(21)12-15(18)2/h7-8,13-15,22H,3-6,9-12H2,1-2H3,(H,23,26). The Bertz CT molecular complexity index is 658. The molecule has 6 nitrogen and oxygen atoms in total. The van der Waals surface area contributed by atoms with E-state index in [1.807, 2.05) is 6.92 Å². The van der Waals surface area contributed by atoms with Gasteiger partial charge in [-0.25, -0.2) is 9.97 Å². The fourth-order valence-electron chi connectivity index (χ4n) is 2.79. The van der Waals surface area contributed by atoms with Gasteiger partial charge in [0.05, 0.1) is 24.6 Å². The van der Waals surface area contributed by atoms with Crippen molar-refractivity contribution in [3.05, 3.63) is 35.2 Å². The zero-order chi connectivity index (χ0) is 19.5. The van der Waals surface area contributed by atoms with Crippen LogP contribution in [-0.2, 0) is 4.79 Å². The van der Waals surface area contributed by atoms with Gasteiger partial charge in [-0.05, 0) is 24.8 Å². The summed E-state index contributed by atoms with van der Waals surface area (Å²) in [6.07, 6.45) is 12.6. The minimum atomic E-state index is -0.0879. The van der Waals surface area contributed by atoms with Crippen molar-refractivity contribution < 1.29 is 9.53 Å². The number of hydrogen-bond acceptors (Lipinski definition) is 5. The number of amides is 1. The fourth-order valence-corrected chi connectivity index (χ4v) is 3.08. The molecule has 1 amide bonds. The topological polar surface area (TPSA) is 76.1 Å². The molecule has 2 rings (SSSR count). The first-order chi connectivity index (χ1) is 13.1. The average Bonchev–Trinajstić information content (AvgIpc) is 2.66. The van der Waals surface area contributed by atoms with E-state index in [-0.39, 0.29) is 11.8 Å². The smallest absolute Gasteiger partial charge is 0.316 e. The Morgan fingerprint density at radius 3 is 2.70 bits per heavy atom. The van der Waals surface area contributed by atoms with E-state index >= 15 is 0 Å². The van der Waals surface area contributed by atoms with Gasteiger partial charge in [0.15, 0.2) is 0 Å². The first kappa shape index (κ1) is 21.2. The summed E-state index contributed by atoms with van der Waals surface area (Å²) >= 11 is 5.98. The van der Waals surface area contributed by atoms with Crippen molar-refractivity contribution in [3.63, 3.8) is 0 Å². The second-order valence-corrected chi connectivity index (χ2v) is 7.17. The third kappa shape index (κ3) is 7.59. The molecule has 2 N–H and O–H groups in total. The largest absolute Gasteiger partial charge is 0.462 e. The highest BCUT2D eigenvalue weighted by Gasteiger charge is 2.19. The van der Waals surface area contributed by atoms with Crippen molar-refractivity contribution in [2.75, 3.05) is 25.0 Å². The number of hydrogen-bond donors (Lipinski definition) is 2. The number of carbonyl (C=O) groups is 1. The van der Waals surface area contributed by atoms with Gasteiger partial charge in [0.2, 0.25) is 5.91 Å². The number of rotatable bonds is 11. The van der Waals surface area contributed by atoms with Gasteiger partial charge >= 0.3 is 6.01 Å². The maximum absolute atomic E-state index is 12.2. The Hall–Kier alpha value is -2.08. The fraction of sp³-hybridized carbons (Fsp3) is 0.550. The van der Waals surface area contributed by atoms with E-state index in [4.69, 9.17) is 16.3 Å². The van der Waals surface area contributed by atoms with Crippen molar-refractivity contribution in [1.29, 1.82) is 0 Å². The Kier molecular flexibility index (Phi) is 9.11. The molecule has 0 spiro atoms. The van der Waals surface area contributed by atoms with Crippen LogP contribution in [0.3, 0.4) is 0 Å². The highest BCUT2D eigenvalue weighted by molar-refractivity contribution is 6.29. The molecule has 1 aromatic heterocycles. The number of allylic oxidation sites excluding steroid dienone is 3. The quantitative estimate of drug-likeness (QED) is 0.555. The molecule has 1 atom stereocenters. The molecule has 1 aliphatic rings. The van der Waals surface area contributed by atoms with E-state index in [1.165, 1.54) is 19.3 Å². The normalized spacial score (nSPS) is 16.3. The highest BCUT2D eigenvalue weighted by atomic mass is 35.5. The lowest BCUT2D eigenvalue weighted by Crippen LogP contribution is -2.31. The van der Waals surface area contributed by atoms with E-state index in [1.54, 1.807) is 24.5 Å². The summed E-state index contributed by atoms with van der Waals surface area (Å²) in [4.78, 5) is 20.5. The highest BCUT2D eigenvalue weighted by Crippen LogP contribution is 2.26. The molecular weight excluding hydrogens is 364 g/mol. The number of nitrogens with zero attached hydrogens (tertiary/aromatic N) is 2. The van der Waals surface area contributed by atoms with E-state index in [9.17, 15) is 4.79 Å². The molecule has 0 radical (unpaired) electrons. The zero-order valence-corrected chi connectivity index (χ0v) is 16.9. The van der Waals surface area contributed by atoms with Gasteiger partial charge < -0.3 is 15.4 Å². The summed E-state index contributed by atoms with van der Waals surface area (Å²) in [5.41, 5.74) is 1.63. The second kappa shape index (κ2) is 11.6. The molecule has 27 heavy (non-hydrogen) atoms. The van der Waals surface area contributed by atoms with Crippen molar-refractivity contribution >= 4 is 23.2 Å². The van der Waals surface area contributed by atoms with Crippen LogP contribution < -0.4 is 15.4 Å². The summed E-state index contributed by atoms with van der Waals surface area (Å²) in [5, 5.41) is 6.93. The first-order valence-electron chi connectivity index (χ1n) is 9.63. The molecule has 1 heterocycles. The molecule has 0 aliphatic heterocycles. The SMILES string of the molecule is CCCCCCNc1cnc(OCCNC(=O)C2=CC=C(Cl)CC2C)nc1. The molecular formula is C20H29ClN4O2. The van der Waals surface area contributed by atoms with Crippen molar-refractivity contribution in [2.24, 2.45) is 5.92 Å². The number of halogens is 1. The van der Waals surface area contributed by atoms with Crippen molar-refractivity contribution in [1.82, 2.24) is 15.3 Å². The molecule has 0 saturated heterocycles. The summed E-state index contributed by atoms with van der Waals surface area (Å²) in [5.74, 6) is 0.0313. The molecule has 1 aromatic rings. The van der Waals surface area contributed by atoms with E-state index in [0.29, 0.717) is 25.6 Å². The van der Waals surface area contributed by atoms with Crippen LogP contribution in [0.15, 0.2) is 35.2 Å². The monoisotopic (exact) mass is 392 g/mol. The van der Waals surface area contributed by atoms with Crippen LogP contribution in [0.25, 0.3) is 0 Å². The minimum absolute atomic E-state index is 0.0879. The minimum Gasteiger partial charge on any atom is -0.462 e. The van der Waals surface area contributed by atoms with Crippen LogP contribution in [0.4, 0.5) is 5.69 Å². The van der Waals surface area contributed by atoms with E-state index < -0.39 is 0 Å².